The lowest BCUT2D eigenvalue weighted by Crippen LogP contribution is -2.14. The van der Waals surface area contributed by atoms with Crippen LogP contribution in [0.4, 0.5) is 5.69 Å². The highest BCUT2D eigenvalue weighted by atomic mass is 32.2. The third kappa shape index (κ3) is 3.69. The van der Waals surface area contributed by atoms with E-state index in [4.69, 9.17) is 0 Å². The lowest BCUT2D eigenvalue weighted by atomic mass is 10.1. The Kier molecular flexibility index (Phi) is 4.64. The van der Waals surface area contributed by atoms with Crippen molar-refractivity contribution in [3.8, 4) is 10.4 Å². The van der Waals surface area contributed by atoms with Crippen LogP contribution in [0.15, 0.2) is 51.6 Å². The van der Waals surface area contributed by atoms with Gasteiger partial charge in [-0.25, -0.2) is 0 Å². The van der Waals surface area contributed by atoms with E-state index in [0.29, 0.717) is 5.75 Å². The summed E-state index contributed by atoms with van der Waals surface area (Å²) < 4.78 is 0.802. The summed E-state index contributed by atoms with van der Waals surface area (Å²) in [6.45, 7) is 0. The van der Waals surface area contributed by atoms with Crippen LogP contribution in [0.2, 0.25) is 0 Å². The fourth-order valence-electron chi connectivity index (χ4n) is 1.78. The van der Waals surface area contributed by atoms with Crippen LogP contribution in [0.25, 0.3) is 10.4 Å². The van der Waals surface area contributed by atoms with Crippen LogP contribution < -0.4 is 5.32 Å². The minimum absolute atomic E-state index is 0.0424. The van der Waals surface area contributed by atoms with Crippen molar-refractivity contribution >= 4 is 46.0 Å². The maximum Gasteiger partial charge on any atom is 0.234 e. The Bertz CT molecular complexity index is 711. The monoisotopic (exact) mass is 333 g/mol. The first kappa shape index (κ1) is 14.2. The molecule has 0 unspecified atom stereocenters. The van der Waals surface area contributed by atoms with Crippen LogP contribution in [-0.2, 0) is 4.79 Å². The predicted molar refractivity (Wildman–Crippen MR) is 89.0 cm³/mol. The van der Waals surface area contributed by atoms with Crippen LogP contribution in [0.3, 0.4) is 0 Å². The maximum absolute atomic E-state index is 12.1. The van der Waals surface area contributed by atoms with Gasteiger partial charge < -0.3 is 5.32 Å². The van der Waals surface area contributed by atoms with E-state index in [1.807, 2.05) is 41.8 Å². The van der Waals surface area contributed by atoms with E-state index < -0.39 is 0 Å². The molecule has 0 aliphatic carbocycles. The summed E-state index contributed by atoms with van der Waals surface area (Å²) in [5, 5.41) is 12.6. The van der Waals surface area contributed by atoms with Crippen molar-refractivity contribution in [2.45, 2.75) is 4.34 Å². The zero-order chi connectivity index (χ0) is 14.5. The number of hydrogen-bond acceptors (Lipinski definition) is 6. The molecule has 2 aromatic heterocycles. The molecular weight excluding hydrogens is 322 g/mol. The van der Waals surface area contributed by atoms with Gasteiger partial charge in [0.25, 0.3) is 0 Å². The van der Waals surface area contributed by atoms with Gasteiger partial charge in [-0.1, -0.05) is 47.4 Å². The fourth-order valence-corrected chi connectivity index (χ4v) is 3.83. The highest BCUT2D eigenvalue weighted by molar-refractivity contribution is 8.01. The molecule has 3 aromatic rings. The number of hydrogen-bond donors (Lipinski definition) is 1. The minimum Gasteiger partial charge on any atom is -0.325 e. The quantitative estimate of drug-likeness (QED) is 0.717. The number of thiophene rings is 1. The van der Waals surface area contributed by atoms with E-state index in [2.05, 4.69) is 15.5 Å². The maximum atomic E-state index is 12.1. The van der Waals surface area contributed by atoms with Gasteiger partial charge in [0.2, 0.25) is 5.91 Å². The summed E-state index contributed by atoms with van der Waals surface area (Å²) in [5.74, 6) is 0.285. The van der Waals surface area contributed by atoms with Crippen LogP contribution in [-0.4, -0.2) is 21.9 Å². The number of nitrogens with zero attached hydrogens (tertiary/aromatic N) is 2. The highest BCUT2D eigenvalue weighted by Gasteiger charge is 2.10. The molecule has 0 spiro atoms. The molecule has 0 fully saturated rings. The fraction of sp³-hybridized carbons (Fsp3) is 0.0714. The van der Waals surface area contributed by atoms with Gasteiger partial charge >= 0.3 is 0 Å². The average Bonchev–Trinajstić information content (AvgIpc) is 3.19. The molecule has 7 heteroatoms. The van der Waals surface area contributed by atoms with Gasteiger partial charge in [0.1, 0.15) is 5.51 Å². The summed E-state index contributed by atoms with van der Waals surface area (Å²) in [5.41, 5.74) is 3.54. The number of aromatic nitrogens is 2. The minimum atomic E-state index is -0.0424. The van der Waals surface area contributed by atoms with Crippen molar-refractivity contribution in [2.75, 3.05) is 11.1 Å². The third-order valence-electron chi connectivity index (χ3n) is 2.65. The van der Waals surface area contributed by atoms with E-state index in [0.717, 1.165) is 20.5 Å². The van der Waals surface area contributed by atoms with Gasteiger partial charge in [-0.05, 0) is 17.5 Å². The largest absolute Gasteiger partial charge is 0.325 e. The second kappa shape index (κ2) is 6.84. The first-order valence-corrected chi connectivity index (χ1v) is 8.89. The Morgan fingerprint density at radius 3 is 2.86 bits per heavy atom. The Hall–Kier alpha value is -1.70. The first-order chi connectivity index (χ1) is 10.3. The van der Waals surface area contributed by atoms with Gasteiger partial charge in [-0.15, -0.1) is 21.5 Å². The standard InChI is InChI=1S/C14H11N3OS3/c18-13(8-20-14-17-15-9-21-14)16-11-5-2-1-4-10(11)12-6-3-7-19-12/h1-7,9H,8H2,(H,16,18). The molecule has 0 saturated heterocycles. The molecule has 21 heavy (non-hydrogen) atoms. The molecule has 3 rings (SSSR count). The molecule has 0 saturated carbocycles. The van der Waals surface area contributed by atoms with E-state index in [1.165, 1.54) is 23.1 Å². The smallest absolute Gasteiger partial charge is 0.234 e. The average molecular weight is 333 g/mol. The Morgan fingerprint density at radius 1 is 1.19 bits per heavy atom. The Morgan fingerprint density at radius 2 is 2.10 bits per heavy atom. The van der Waals surface area contributed by atoms with Crippen LogP contribution >= 0.6 is 34.4 Å². The highest BCUT2D eigenvalue weighted by Crippen LogP contribution is 2.31. The topological polar surface area (TPSA) is 54.9 Å². The van der Waals surface area contributed by atoms with E-state index in [1.54, 1.807) is 16.8 Å². The number of nitrogens with one attached hydrogen (secondary N) is 1. The van der Waals surface area contributed by atoms with Crippen molar-refractivity contribution in [1.29, 1.82) is 0 Å². The molecule has 4 nitrogen and oxygen atoms in total. The summed E-state index contributed by atoms with van der Waals surface area (Å²) in [4.78, 5) is 13.2. The third-order valence-corrected chi connectivity index (χ3v) is 5.42. The summed E-state index contributed by atoms with van der Waals surface area (Å²) in [6.07, 6.45) is 0. The SMILES string of the molecule is O=C(CSc1nncs1)Nc1ccccc1-c1cccs1. The number of para-hydroxylation sites is 1. The molecule has 0 aliphatic heterocycles. The molecule has 0 radical (unpaired) electrons. The van der Waals surface area contributed by atoms with E-state index >= 15 is 0 Å². The van der Waals surface area contributed by atoms with Crippen molar-refractivity contribution in [1.82, 2.24) is 10.2 Å². The predicted octanol–water partition coefficient (Wildman–Crippen LogP) is 4.00. The first-order valence-electron chi connectivity index (χ1n) is 6.14. The zero-order valence-electron chi connectivity index (χ0n) is 10.9. The summed E-state index contributed by atoms with van der Waals surface area (Å²) in [7, 11) is 0. The van der Waals surface area contributed by atoms with E-state index in [-0.39, 0.29) is 5.91 Å². The van der Waals surface area contributed by atoms with Crippen molar-refractivity contribution in [3.05, 3.63) is 47.3 Å². The van der Waals surface area contributed by atoms with Gasteiger partial charge in [0.05, 0.1) is 5.75 Å². The number of rotatable bonds is 5. The van der Waals surface area contributed by atoms with Crippen LogP contribution in [0.1, 0.15) is 0 Å². The van der Waals surface area contributed by atoms with Crippen molar-refractivity contribution < 1.29 is 4.79 Å². The number of carbonyl (C=O) groups is 1. The Labute approximate surface area is 134 Å². The molecule has 0 aliphatic rings. The lowest BCUT2D eigenvalue weighted by Gasteiger charge is -2.09. The zero-order valence-corrected chi connectivity index (χ0v) is 13.3. The van der Waals surface area contributed by atoms with Gasteiger partial charge in [0.15, 0.2) is 4.34 Å². The van der Waals surface area contributed by atoms with Crippen LogP contribution in [0, 0.1) is 0 Å². The molecule has 1 N–H and O–H groups in total. The second-order valence-electron chi connectivity index (χ2n) is 4.06. The second-order valence-corrected chi connectivity index (χ2v) is 7.07. The molecule has 0 bridgehead atoms. The summed E-state index contributed by atoms with van der Waals surface area (Å²) >= 11 is 4.48. The lowest BCUT2D eigenvalue weighted by molar-refractivity contribution is -0.113. The molecule has 106 valence electrons. The van der Waals surface area contributed by atoms with Gasteiger partial charge in [-0.2, -0.15) is 0 Å². The number of amides is 1. The van der Waals surface area contributed by atoms with Gasteiger partial charge in [-0.3, -0.25) is 4.79 Å². The molecule has 2 heterocycles. The molecule has 1 aromatic carbocycles. The van der Waals surface area contributed by atoms with E-state index in [9.17, 15) is 4.79 Å². The number of anilines is 1. The Balaban J connectivity index is 1.69. The normalized spacial score (nSPS) is 10.5. The number of thioether (sulfide) groups is 1. The summed E-state index contributed by atoms with van der Waals surface area (Å²) in [6, 6.07) is 11.9. The molecular formula is C14H11N3OS3. The van der Waals surface area contributed by atoms with Gasteiger partial charge in [0, 0.05) is 16.1 Å². The molecule has 1 amide bonds. The van der Waals surface area contributed by atoms with Crippen LogP contribution in [0.5, 0.6) is 0 Å². The number of carbonyl (C=O) groups excluding carboxylic acids is 1. The number of benzene rings is 1. The van der Waals surface area contributed by atoms with Crippen molar-refractivity contribution in [2.24, 2.45) is 0 Å². The van der Waals surface area contributed by atoms with Crippen molar-refractivity contribution in [3.63, 3.8) is 0 Å². The molecule has 0 atom stereocenters.